The van der Waals surface area contributed by atoms with Gasteiger partial charge in [0.15, 0.2) is 11.6 Å². The monoisotopic (exact) mass is 502 g/mol. The predicted molar refractivity (Wildman–Crippen MR) is 133 cm³/mol. The van der Waals surface area contributed by atoms with Crippen molar-refractivity contribution in [1.29, 1.82) is 0 Å². The number of nitrogens with zero attached hydrogens (tertiary/aromatic N) is 5. The first-order valence-corrected chi connectivity index (χ1v) is 13.6. The summed E-state index contributed by atoms with van der Waals surface area (Å²) >= 11 is 1.53. The molecule has 0 amide bonds. The summed E-state index contributed by atoms with van der Waals surface area (Å²) in [5, 5.41) is 8.12. The zero-order chi connectivity index (χ0) is 23.7. The molecule has 0 atom stereocenters. The molecule has 0 spiro atoms. The van der Waals surface area contributed by atoms with E-state index >= 15 is 0 Å². The van der Waals surface area contributed by atoms with Crippen LogP contribution in [0, 0.1) is 0 Å². The molecule has 0 unspecified atom stereocenters. The highest BCUT2D eigenvalue weighted by Gasteiger charge is 2.23. The summed E-state index contributed by atoms with van der Waals surface area (Å²) in [6.45, 7) is 3.62. The molecule has 1 aliphatic heterocycles. The lowest BCUT2D eigenvalue weighted by Crippen LogP contribution is -2.36. The highest BCUT2D eigenvalue weighted by molar-refractivity contribution is 7.88. The molecule has 1 aromatic carbocycles. The first-order chi connectivity index (χ1) is 16.4. The normalized spacial score (nSPS) is 15.1. The minimum absolute atomic E-state index is 0.262. The maximum Gasteiger partial charge on any atom is 0.211 e. The van der Waals surface area contributed by atoms with Gasteiger partial charge in [-0.1, -0.05) is 12.1 Å². The Bertz CT molecular complexity index is 1410. The van der Waals surface area contributed by atoms with Crippen LogP contribution in [0.25, 0.3) is 32.5 Å². The first-order valence-electron chi connectivity index (χ1n) is 10.9. The number of hydrogen-bond acceptors (Lipinski definition) is 9. The van der Waals surface area contributed by atoms with Crippen molar-refractivity contribution >= 4 is 48.3 Å². The summed E-state index contributed by atoms with van der Waals surface area (Å²) in [5.74, 6) is 1.47. The number of aromatic nitrogens is 4. The van der Waals surface area contributed by atoms with E-state index in [0.29, 0.717) is 32.2 Å². The lowest BCUT2D eigenvalue weighted by Gasteiger charge is -2.28. The average Bonchev–Trinajstić information content (AvgIpc) is 3.47. The number of ether oxygens (including phenoxy) is 2. The molecular formula is C22H26N6O4S2. The quantitative estimate of drug-likeness (QED) is 0.391. The number of hydrogen-bond donors (Lipinski definition) is 1. The minimum atomic E-state index is -3.39. The van der Waals surface area contributed by atoms with Gasteiger partial charge in [0.2, 0.25) is 10.0 Å². The zero-order valence-electron chi connectivity index (χ0n) is 19.0. The van der Waals surface area contributed by atoms with Crippen LogP contribution >= 0.6 is 11.3 Å². The number of sulfonamides is 1. The third-order valence-electron chi connectivity index (χ3n) is 5.79. The van der Waals surface area contributed by atoms with Crippen molar-refractivity contribution in [2.24, 2.45) is 0 Å². The van der Waals surface area contributed by atoms with E-state index in [-0.39, 0.29) is 6.54 Å². The van der Waals surface area contributed by atoms with Gasteiger partial charge in [0.05, 0.1) is 48.0 Å². The van der Waals surface area contributed by atoms with Crippen molar-refractivity contribution in [1.82, 2.24) is 24.5 Å². The molecule has 1 aliphatic rings. The van der Waals surface area contributed by atoms with Crippen LogP contribution in [0.15, 0.2) is 30.5 Å². The molecule has 12 heteroatoms. The van der Waals surface area contributed by atoms with Gasteiger partial charge in [-0.2, -0.15) is 9.40 Å². The van der Waals surface area contributed by atoms with E-state index in [0.717, 1.165) is 50.5 Å². The lowest BCUT2D eigenvalue weighted by atomic mass is 10.1. The van der Waals surface area contributed by atoms with Crippen LogP contribution in [-0.4, -0.2) is 85.7 Å². The van der Waals surface area contributed by atoms with Crippen LogP contribution in [0.4, 0.5) is 5.82 Å². The molecule has 4 aromatic rings. The molecule has 1 saturated heterocycles. The number of H-pyrrole nitrogens is 1. The highest BCUT2D eigenvalue weighted by atomic mass is 32.2. The summed E-state index contributed by atoms with van der Waals surface area (Å²) in [7, 11) is -1.82. The second-order valence-electron chi connectivity index (χ2n) is 8.12. The molecule has 1 fully saturated rings. The number of benzene rings is 1. The number of morpholine rings is 1. The third-order valence-corrected chi connectivity index (χ3v) is 8.14. The number of fused-ring (bicyclic) bond motifs is 2. The Labute approximate surface area is 201 Å². The second kappa shape index (κ2) is 9.55. The van der Waals surface area contributed by atoms with Gasteiger partial charge >= 0.3 is 0 Å². The van der Waals surface area contributed by atoms with Crippen molar-refractivity contribution < 1.29 is 17.9 Å². The minimum Gasteiger partial charge on any atom is -0.383 e. The van der Waals surface area contributed by atoms with Crippen molar-refractivity contribution in [3.8, 4) is 11.4 Å². The van der Waals surface area contributed by atoms with E-state index < -0.39 is 10.0 Å². The van der Waals surface area contributed by atoms with Crippen LogP contribution in [0.5, 0.6) is 0 Å². The maximum absolute atomic E-state index is 12.3. The maximum atomic E-state index is 12.3. The molecule has 0 saturated carbocycles. The molecule has 10 nitrogen and oxygen atoms in total. The predicted octanol–water partition coefficient (Wildman–Crippen LogP) is 2.48. The number of thiophene rings is 1. The van der Waals surface area contributed by atoms with E-state index in [9.17, 15) is 8.42 Å². The molecule has 1 N–H and O–H groups in total. The number of nitrogens with one attached hydrogen (secondary N) is 1. The molecule has 4 heterocycles. The van der Waals surface area contributed by atoms with Gasteiger partial charge in [-0.25, -0.2) is 18.4 Å². The largest absolute Gasteiger partial charge is 0.383 e. The van der Waals surface area contributed by atoms with Gasteiger partial charge in [-0.3, -0.25) is 5.10 Å². The van der Waals surface area contributed by atoms with Gasteiger partial charge < -0.3 is 14.4 Å². The Morgan fingerprint density at radius 2 is 2.09 bits per heavy atom. The standard InChI is InChI=1S/C22H26N6O4S2/c1-31-9-8-28(34(2,29)30)14-15-12-19-20(33-15)22(27-6-10-32-11-7-27)25-21(24-19)16-4-3-5-18-17(16)13-23-26-18/h3-5,12-13H,6-11,14H2,1-2H3,(H,23,26). The van der Waals surface area contributed by atoms with Gasteiger partial charge in [-0.15, -0.1) is 11.3 Å². The third kappa shape index (κ3) is 4.64. The first kappa shape index (κ1) is 23.1. The van der Waals surface area contributed by atoms with Crippen LogP contribution in [-0.2, 0) is 26.0 Å². The fourth-order valence-electron chi connectivity index (χ4n) is 4.04. The molecule has 0 radical (unpaired) electrons. The van der Waals surface area contributed by atoms with Crippen molar-refractivity contribution in [2.45, 2.75) is 6.54 Å². The molecule has 180 valence electrons. The summed E-state index contributed by atoms with van der Waals surface area (Å²) in [6, 6.07) is 7.88. The van der Waals surface area contributed by atoms with Gasteiger partial charge in [-0.05, 0) is 12.1 Å². The average molecular weight is 503 g/mol. The van der Waals surface area contributed by atoms with Crippen molar-refractivity contribution in [3.63, 3.8) is 0 Å². The Morgan fingerprint density at radius 3 is 2.85 bits per heavy atom. The van der Waals surface area contributed by atoms with Crippen molar-refractivity contribution in [3.05, 3.63) is 35.3 Å². The summed E-state index contributed by atoms with van der Waals surface area (Å²) in [4.78, 5) is 13.0. The highest BCUT2D eigenvalue weighted by Crippen LogP contribution is 2.36. The van der Waals surface area contributed by atoms with E-state index in [2.05, 4.69) is 15.1 Å². The molecule has 34 heavy (non-hydrogen) atoms. The SMILES string of the molecule is COCCN(Cc1cc2nc(-c3cccc4[nH]ncc34)nc(N3CCOCC3)c2s1)S(C)(=O)=O. The summed E-state index contributed by atoms with van der Waals surface area (Å²) in [5.41, 5.74) is 2.61. The number of rotatable bonds is 8. The van der Waals surface area contributed by atoms with Crippen LogP contribution in [0.3, 0.4) is 0 Å². The summed E-state index contributed by atoms with van der Waals surface area (Å²) in [6.07, 6.45) is 3.00. The van der Waals surface area contributed by atoms with E-state index in [4.69, 9.17) is 19.4 Å². The fraction of sp³-hybridized carbons (Fsp3) is 0.409. The smallest absolute Gasteiger partial charge is 0.211 e. The number of anilines is 1. The van der Waals surface area contributed by atoms with Gasteiger partial charge in [0, 0.05) is 49.1 Å². The summed E-state index contributed by atoms with van der Waals surface area (Å²) < 4.78 is 37.7. The van der Waals surface area contributed by atoms with Crippen molar-refractivity contribution in [2.75, 3.05) is 57.7 Å². The Kier molecular flexibility index (Phi) is 6.49. The molecule has 3 aromatic heterocycles. The van der Waals surface area contributed by atoms with Gasteiger partial charge in [0.25, 0.3) is 0 Å². The molecule has 0 bridgehead atoms. The Morgan fingerprint density at radius 1 is 1.26 bits per heavy atom. The molecule has 0 aliphatic carbocycles. The van der Waals surface area contributed by atoms with Crippen LogP contribution in [0.2, 0.25) is 0 Å². The second-order valence-corrected chi connectivity index (χ2v) is 11.2. The van der Waals surface area contributed by atoms with E-state index in [1.165, 1.54) is 21.9 Å². The molecular weight excluding hydrogens is 476 g/mol. The Hall–Kier alpha value is -2.64. The van der Waals surface area contributed by atoms with Gasteiger partial charge in [0.1, 0.15) is 0 Å². The lowest BCUT2D eigenvalue weighted by molar-refractivity contribution is 0.122. The van der Waals surface area contributed by atoms with E-state index in [1.807, 2.05) is 24.3 Å². The fourth-order valence-corrected chi connectivity index (χ4v) is 6.03. The van der Waals surface area contributed by atoms with E-state index in [1.54, 1.807) is 13.3 Å². The molecule has 5 rings (SSSR count). The topological polar surface area (TPSA) is 114 Å². The zero-order valence-corrected chi connectivity index (χ0v) is 20.7. The van der Waals surface area contributed by atoms with Crippen LogP contribution in [0.1, 0.15) is 4.88 Å². The number of aromatic amines is 1. The van der Waals surface area contributed by atoms with Crippen LogP contribution < -0.4 is 4.90 Å². The number of methoxy groups -OCH3 is 1. The Balaban J connectivity index is 1.61.